The van der Waals surface area contributed by atoms with E-state index in [1.165, 1.54) is 6.07 Å². The molecular weight excluding hydrogens is 363 g/mol. The summed E-state index contributed by atoms with van der Waals surface area (Å²) in [5, 5.41) is 0.574. The number of benzene rings is 2. The van der Waals surface area contributed by atoms with Crippen molar-refractivity contribution >= 4 is 50.8 Å². The van der Waals surface area contributed by atoms with Crippen molar-refractivity contribution < 1.29 is 4.39 Å². The molecule has 0 aliphatic carbocycles. The van der Waals surface area contributed by atoms with E-state index < -0.39 is 0 Å². The van der Waals surface area contributed by atoms with Gasteiger partial charge in [-0.3, -0.25) is 4.57 Å². The Bertz CT molecular complexity index is 864. The molecule has 0 bridgehead atoms. The number of aromatic amines is 1. The van der Waals surface area contributed by atoms with Crippen LogP contribution in [0.2, 0.25) is 5.02 Å². The molecular formula is C14H9BrClFN2S. The predicted octanol–water partition coefficient (Wildman–Crippen LogP) is 5.55. The van der Waals surface area contributed by atoms with Crippen molar-refractivity contribution in [3.8, 4) is 5.69 Å². The summed E-state index contributed by atoms with van der Waals surface area (Å²) < 4.78 is 16.4. The molecule has 1 aromatic heterocycles. The van der Waals surface area contributed by atoms with Gasteiger partial charge in [-0.2, -0.15) is 0 Å². The number of hydrogen-bond acceptors (Lipinski definition) is 1. The molecule has 102 valence electrons. The highest BCUT2D eigenvalue weighted by molar-refractivity contribution is 9.10. The molecule has 6 heteroatoms. The molecule has 1 N–H and O–H groups in total. The zero-order valence-corrected chi connectivity index (χ0v) is 13.5. The maximum atomic E-state index is 13.8. The number of para-hydroxylation sites is 1. The lowest BCUT2D eigenvalue weighted by Gasteiger charge is -2.10. The second kappa shape index (κ2) is 4.98. The Kier molecular flexibility index (Phi) is 3.44. The van der Waals surface area contributed by atoms with Crippen molar-refractivity contribution in [2.24, 2.45) is 0 Å². The first-order valence-electron chi connectivity index (χ1n) is 5.84. The van der Waals surface area contributed by atoms with Gasteiger partial charge in [-0.1, -0.05) is 23.7 Å². The van der Waals surface area contributed by atoms with E-state index in [1.54, 1.807) is 16.7 Å². The van der Waals surface area contributed by atoms with E-state index >= 15 is 0 Å². The molecule has 0 aliphatic heterocycles. The fourth-order valence-electron chi connectivity index (χ4n) is 2.23. The first-order chi connectivity index (χ1) is 9.49. The Morgan fingerprint density at radius 1 is 1.35 bits per heavy atom. The fourth-order valence-corrected chi connectivity index (χ4v) is 3.18. The summed E-state index contributed by atoms with van der Waals surface area (Å²) in [7, 11) is 0. The number of H-pyrrole nitrogens is 1. The Morgan fingerprint density at radius 2 is 2.10 bits per heavy atom. The third-order valence-electron chi connectivity index (χ3n) is 3.14. The Balaban J connectivity index is 2.46. The van der Waals surface area contributed by atoms with E-state index in [0.717, 1.165) is 16.8 Å². The minimum absolute atomic E-state index is 0.343. The van der Waals surface area contributed by atoms with Crippen LogP contribution < -0.4 is 0 Å². The highest BCUT2D eigenvalue weighted by Gasteiger charge is 2.14. The third-order valence-corrected chi connectivity index (χ3v) is 4.33. The quantitative estimate of drug-likeness (QED) is 0.556. The normalized spacial score (nSPS) is 11.2. The third kappa shape index (κ3) is 2.10. The van der Waals surface area contributed by atoms with Crippen molar-refractivity contribution in [2.45, 2.75) is 6.92 Å². The maximum Gasteiger partial charge on any atom is 0.182 e. The van der Waals surface area contributed by atoms with Gasteiger partial charge in [0.2, 0.25) is 0 Å². The molecule has 0 saturated heterocycles. The Morgan fingerprint density at radius 3 is 2.80 bits per heavy atom. The zero-order chi connectivity index (χ0) is 14.4. The van der Waals surface area contributed by atoms with Crippen LogP contribution in [0.4, 0.5) is 4.39 Å². The SMILES string of the molecule is Cc1cccc(Cl)c1-n1c(=S)[nH]c2cc(Br)c(F)cc21. The number of nitrogens with zero attached hydrogens (tertiary/aromatic N) is 1. The molecule has 0 radical (unpaired) electrons. The first kappa shape index (κ1) is 13.8. The van der Waals surface area contributed by atoms with Crippen LogP contribution in [0.5, 0.6) is 0 Å². The molecule has 20 heavy (non-hydrogen) atoms. The van der Waals surface area contributed by atoms with E-state index in [2.05, 4.69) is 20.9 Å². The molecule has 0 amide bonds. The van der Waals surface area contributed by atoms with Crippen molar-refractivity contribution in [1.82, 2.24) is 9.55 Å². The van der Waals surface area contributed by atoms with Gasteiger partial charge in [0.1, 0.15) is 5.82 Å². The number of rotatable bonds is 1. The number of aromatic nitrogens is 2. The largest absolute Gasteiger partial charge is 0.330 e. The zero-order valence-electron chi connectivity index (χ0n) is 10.4. The predicted molar refractivity (Wildman–Crippen MR) is 85.9 cm³/mol. The Labute approximate surface area is 133 Å². The van der Waals surface area contributed by atoms with Gasteiger partial charge < -0.3 is 4.98 Å². The molecule has 3 aromatic rings. The first-order valence-corrected chi connectivity index (χ1v) is 7.42. The number of fused-ring (bicyclic) bond motifs is 1. The molecule has 0 fully saturated rings. The summed E-state index contributed by atoms with van der Waals surface area (Å²) in [5.41, 5.74) is 3.15. The van der Waals surface area contributed by atoms with Gasteiger partial charge in [-0.25, -0.2) is 4.39 Å². The van der Waals surface area contributed by atoms with Crippen molar-refractivity contribution in [1.29, 1.82) is 0 Å². The molecule has 0 unspecified atom stereocenters. The van der Waals surface area contributed by atoms with Gasteiger partial charge in [-0.15, -0.1) is 0 Å². The van der Waals surface area contributed by atoms with Crippen LogP contribution in [0.1, 0.15) is 5.56 Å². The summed E-state index contributed by atoms with van der Waals surface area (Å²) in [5.74, 6) is -0.343. The molecule has 0 saturated carbocycles. The molecule has 3 rings (SSSR count). The van der Waals surface area contributed by atoms with Gasteiger partial charge in [0.05, 0.1) is 26.2 Å². The van der Waals surface area contributed by atoms with Crippen LogP contribution >= 0.6 is 39.7 Å². The number of halogens is 3. The van der Waals surface area contributed by atoms with Crippen molar-refractivity contribution in [3.63, 3.8) is 0 Å². The Hall–Kier alpha value is -1.17. The lowest BCUT2D eigenvalue weighted by molar-refractivity contribution is 0.622. The molecule has 2 aromatic carbocycles. The van der Waals surface area contributed by atoms with E-state index in [-0.39, 0.29) is 5.82 Å². The van der Waals surface area contributed by atoms with Crippen LogP contribution in [-0.4, -0.2) is 9.55 Å². The van der Waals surface area contributed by atoms with Crippen molar-refractivity contribution in [2.75, 3.05) is 0 Å². The smallest absolute Gasteiger partial charge is 0.182 e. The van der Waals surface area contributed by atoms with E-state index in [0.29, 0.717) is 19.8 Å². The number of nitrogens with one attached hydrogen (secondary N) is 1. The van der Waals surface area contributed by atoms with Crippen LogP contribution in [0.3, 0.4) is 0 Å². The number of hydrogen-bond donors (Lipinski definition) is 1. The molecule has 1 heterocycles. The van der Waals surface area contributed by atoms with Crippen LogP contribution in [0.15, 0.2) is 34.8 Å². The lowest BCUT2D eigenvalue weighted by atomic mass is 10.2. The topological polar surface area (TPSA) is 20.7 Å². The molecule has 0 atom stereocenters. The summed E-state index contributed by atoms with van der Waals surface area (Å²) in [6.45, 7) is 1.94. The minimum atomic E-state index is -0.343. The average Bonchev–Trinajstić information content (AvgIpc) is 2.67. The highest BCUT2D eigenvalue weighted by atomic mass is 79.9. The number of imidazole rings is 1. The van der Waals surface area contributed by atoms with Crippen LogP contribution in [0, 0.1) is 17.5 Å². The van der Waals surface area contributed by atoms with E-state index in [1.807, 2.05) is 19.1 Å². The molecule has 0 spiro atoms. The van der Waals surface area contributed by atoms with Gasteiger partial charge in [0.25, 0.3) is 0 Å². The van der Waals surface area contributed by atoms with E-state index in [4.69, 9.17) is 23.8 Å². The second-order valence-corrected chi connectivity index (χ2v) is 6.10. The monoisotopic (exact) mass is 370 g/mol. The highest BCUT2D eigenvalue weighted by Crippen LogP contribution is 2.30. The van der Waals surface area contributed by atoms with Gasteiger partial charge in [-0.05, 0) is 52.8 Å². The summed E-state index contributed by atoms with van der Waals surface area (Å²) in [6.07, 6.45) is 0. The van der Waals surface area contributed by atoms with Gasteiger partial charge in [0, 0.05) is 6.07 Å². The van der Waals surface area contributed by atoms with Crippen LogP contribution in [-0.2, 0) is 0 Å². The number of aryl methyl sites for hydroxylation is 1. The minimum Gasteiger partial charge on any atom is -0.330 e. The second-order valence-electron chi connectivity index (χ2n) is 4.45. The summed E-state index contributed by atoms with van der Waals surface area (Å²) in [4.78, 5) is 3.07. The summed E-state index contributed by atoms with van der Waals surface area (Å²) >= 11 is 14.8. The molecule has 2 nitrogen and oxygen atoms in total. The summed E-state index contributed by atoms with van der Waals surface area (Å²) in [6, 6.07) is 8.71. The van der Waals surface area contributed by atoms with E-state index in [9.17, 15) is 4.39 Å². The van der Waals surface area contributed by atoms with Gasteiger partial charge in [0.15, 0.2) is 4.77 Å². The molecule has 0 aliphatic rings. The van der Waals surface area contributed by atoms with Gasteiger partial charge >= 0.3 is 0 Å². The lowest BCUT2D eigenvalue weighted by Crippen LogP contribution is -1.98. The van der Waals surface area contributed by atoms with Crippen LogP contribution in [0.25, 0.3) is 16.7 Å². The van der Waals surface area contributed by atoms with Crippen molar-refractivity contribution in [3.05, 3.63) is 56.0 Å². The maximum absolute atomic E-state index is 13.8. The standard InChI is InChI=1S/C14H9BrClFN2S/c1-7-3-2-4-9(16)13(7)19-12-6-10(17)8(15)5-11(12)18-14(19)20/h2-6H,1H3,(H,18,20). The fraction of sp³-hybridized carbons (Fsp3) is 0.0714. The average molecular weight is 372 g/mol.